The van der Waals surface area contributed by atoms with E-state index in [1.165, 1.54) is 4.90 Å². The van der Waals surface area contributed by atoms with Crippen LogP contribution in [0.25, 0.3) is 11.1 Å². The van der Waals surface area contributed by atoms with E-state index >= 15 is 0 Å². The number of halogens is 1. The molecule has 0 aromatic heterocycles. The van der Waals surface area contributed by atoms with Gasteiger partial charge < -0.3 is 19.7 Å². The van der Waals surface area contributed by atoms with Crippen LogP contribution in [0.3, 0.4) is 0 Å². The van der Waals surface area contributed by atoms with Crippen LogP contribution < -0.4 is 14.8 Å². The summed E-state index contributed by atoms with van der Waals surface area (Å²) in [7, 11) is 3.43. The number of ether oxygens (including phenoxy) is 2. The van der Waals surface area contributed by atoms with Crippen LogP contribution in [0.1, 0.15) is 28.8 Å². The average molecular weight is 463 g/mol. The molecule has 2 aliphatic rings. The van der Waals surface area contributed by atoms with E-state index in [0.717, 1.165) is 29.5 Å². The van der Waals surface area contributed by atoms with E-state index in [1.54, 1.807) is 32.3 Å². The molecule has 33 heavy (non-hydrogen) atoms. The Hall–Kier alpha value is -3.51. The van der Waals surface area contributed by atoms with Crippen LogP contribution in [-0.4, -0.2) is 37.6 Å². The van der Waals surface area contributed by atoms with Crippen molar-refractivity contribution < 1.29 is 19.1 Å². The summed E-state index contributed by atoms with van der Waals surface area (Å²) < 4.78 is 10.9. The summed E-state index contributed by atoms with van der Waals surface area (Å²) in [4.78, 5) is 27.2. The Labute approximate surface area is 197 Å². The fourth-order valence-corrected chi connectivity index (χ4v) is 4.35. The monoisotopic (exact) mass is 462 g/mol. The van der Waals surface area contributed by atoms with Gasteiger partial charge in [-0.25, -0.2) is 0 Å². The zero-order chi connectivity index (χ0) is 23.2. The van der Waals surface area contributed by atoms with E-state index in [-0.39, 0.29) is 18.6 Å². The molecule has 0 bridgehead atoms. The topological polar surface area (TPSA) is 67.9 Å². The lowest BCUT2D eigenvalue weighted by molar-refractivity contribution is -0.118. The number of fused-ring (bicyclic) bond motifs is 1. The summed E-state index contributed by atoms with van der Waals surface area (Å²) in [5, 5.41) is 3.60. The lowest BCUT2D eigenvalue weighted by Gasteiger charge is -2.17. The first-order valence-corrected chi connectivity index (χ1v) is 11.1. The van der Waals surface area contributed by atoms with Gasteiger partial charge in [-0.3, -0.25) is 9.59 Å². The van der Waals surface area contributed by atoms with Gasteiger partial charge in [-0.05, 0) is 66.4 Å². The Balaban J connectivity index is 1.41. The number of amides is 2. The van der Waals surface area contributed by atoms with Gasteiger partial charge in [0, 0.05) is 35.9 Å². The summed E-state index contributed by atoms with van der Waals surface area (Å²) in [6.07, 6.45) is 1.54. The first-order chi connectivity index (χ1) is 15.9. The molecule has 1 aliphatic carbocycles. The molecule has 1 saturated carbocycles. The van der Waals surface area contributed by atoms with Crippen LogP contribution in [0.4, 0.5) is 5.69 Å². The minimum Gasteiger partial charge on any atom is -0.454 e. The number of rotatable bonds is 5. The second-order valence-corrected chi connectivity index (χ2v) is 8.99. The van der Waals surface area contributed by atoms with Gasteiger partial charge in [0.2, 0.25) is 12.7 Å². The number of nitrogens with one attached hydrogen (secondary N) is 1. The van der Waals surface area contributed by atoms with Crippen molar-refractivity contribution in [2.45, 2.75) is 18.3 Å². The summed E-state index contributed by atoms with van der Waals surface area (Å²) >= 11 is 6.48. The molecular weight excluding hydrogens is 440 g/mol. The Bertz CT molecular complexity index is 1270. The largest absolute Gasteiger partial charge is 0.454 e. The molecule has 3 aromatic carbocycles. The van der Waals surface area contributed by atoms with Crippen molar-refractivity contribution in [1.82, 2.24) is 4.90 Å². The molecule has 2 amide bonds. The van der Waals surface area contributed by atoms with Crippen molar-refractivity contribution in [3.05, 3.63) is 76.8 Å². The number of hydrogen-bond acceptors (Lipinski definition) is 4. The SMILES string of the molecule is CN(C)C(=O)c1cccc(-c2cc(NC(=O)C3(c4ccc5c(c4)OCO5)CC3)ccc2Cl)c1. The highest BCUT2D eigenvalue weighted by Crippen LogP contribution is 2.51. The van der Waals surface area contributed by atoms with E-state index in [4.69, 9.17) is 21.1 Å². The Kier molecular flexibility index (Phi) is 5.25. The highest BCUT2D eigenvalue weighted by atomic mass is 35.5. The summed E-state index contributed by atoms with van der Waals surface area (Å²) in [6, 6.07) is 18.4. The van der Waals surface area contributed by atoms with Gasteiger partial charge in [-0.1, -0.05) is 29.8 Å². The molecule has 0 unspecified atom stereocenters. The summed E-state index contributed by atoms with van der Waals surface area (Å²) in [5.74, 6) is 1.22. The van der Waals surface area contributed by atoms with Crippen LogP contribution in [0.5, 0.6) is 11.5 Å². The molecule has 1 fully saturated rings. The third kappa shape index (κ3) is 3.91. The molecule has 0 atom stereocenters. The van der Waals surface area contributed by atoms with Crippen molar-refractivity contribution in [1.29, 1.82) is 0 Å². The number of carbonyl (C=O) groups is 2. The minimum atomic E-state index is -0.571. The summed E-state index contributed by atoms with van der Waals surface area (Å²) in [5.41, 5.74) is 3.13. The second kappa shape index (κ2) is 8.12. The maximum atomic E-state index is 13.3. The van der Waals surface area contributed by atoms with Crippen LogP contribution in [0.2, 0.25) is 5.02 Å². The zero-order valence-corrected chi connectivity index (χ0v) is 19.1. The van der Waals surface area contributed by atoms with Gasteiger partial charge in [0.15, 0.2) is 11.5 Å². The van der Waals surface area contributed by atoms with Crippen LogP contribution in [0.15, 0.2) is 60.7 Å². The second-order valence-electron chi connectivity index (χ2n) is 8.58. The maximum Gasteiger partial charge on any atom is 0.253 e. The number of benzene rings is 3. The molecule has 0 saturated heterocycles. The number of anilines is 1. The standard InChI is InChI=1S/C26H23ClN2O4/c1-29(2)24(30)17-5-3-4-16(12-17)20-14-19(7-8-21(20)27)28-25(31)26(10-11-26)18-6-9-22-23(13-18)33-15-32-22/h3-9,12-14H,10-11,15H2,1-2H3,(H,28,31). The lowest BCUT2D eigenvalue weighted by atomic mass is 9.94. The van der Waals surface area contributed by atoms with Gasteiger partial charge in [0.05, 0.1) is 5.41 Å². The molecule has 7 heteroatoms. The number of carbonyl (C=O) groups excluding carboxylic acids is 2. The van der Waals surface area contributed by atoms with E-state index in [2.05, 4.69) is 5.32 Å². The summed E-state index contributed by atoms with van der Waals surface area (Å²) in [6.45, 7) is 0.201. The lowest BCUT2D eigenvalue weighted by Crippen LogP contribution is -2.27. The first kappa shape index (κ1) is 21.3. The zero-order valence-electron chi connectivity index (χ0n) is 18.4. The average Bonchev–Trinajstić information content (AvgIpc) is 3.50. The molecule has 1 N–H and O–H groups in total. The Morgan fingerprint density at radius 1 is 0.970 bits per heavy atom. The fraction of sp³-hybridized carbons (Fsp3) is 0.231. The predicted molar refractivity (Wildman–Crippen MR) is 127 cm³/mol. The maximum absolute atomic E-state index is 13.3. The number of nitrogens with zero attached hydrogens (tertiary/aromatic N) is 1. The van der Waals surface area contributed by atoms with E-state index in [0.29, 0.717) is 27.8 Å². The van der Waals surface area contributed by atoms with Crippen LogP contribution in [-0.2, 0) is 10.2 Å². The van der Waals surface area contributed by atoms with Gasteiger partial charge in [0.1, 0.15) is 0 Å². The smallest absolute Gasteiger partial charge is 0.253 e. The van der Waals surface area contributed by atoms with Crippen molar-refractivity contribution in [3.8, 4) is 22.6 Å². The highest BCUT2D eigenvalue weighted by molar-refractivity contribution is 6.33. The minimum absolute atomic E-state index is 0.0637. The quantitative estimate of drug-likeness (QED) is 0.572. The van der Waals surface area contributed by atoms with E-state index in [9.17, 15) is 9.59 Å². The van der Waals surface area contributed by atoms with Crippen molar-refractivity contribution in [2.75, 3.05) is 26.2 Å². The van der Waals surface area contributed by atoms with Gasteiger partial charge in [0.25, 0.3) is 5.91 Å². The van der Waals surface area contributed by atoms with E-state index < -0.39 is 5.41 Å². The molecule has 3 aromatic rings. The van der Waals surface area contributed by atoms with Crippen LogP contribution in [0, 0.1) is 0 Å². The molecule has 1 heterocycles. The number of hydrogen-bond donors (Lipinski definition) is 1. The van der Waals surface area contributed by atoms with Gasteiger partial charge >= 0.3 is 0 Å². The first-order valence-electron chi connectivity index (χ1n) is 10.7. The third-order valence-electron chi connectivity index (χ3n) is 6.16. The molecule has 0 spiro atoms. The third-order valence-corrected chi connectivity index (χ3v) is 6.49. The normalized spacial score (nSPS) is 15.1. The Morgan fingerprint density at radius 3 is 2.52 bits per heavy atom. The Morgan fingerprint density at radius 2 is 1.76 bits per heavy atom. The van der Waals surface area contributed by atoms with Gasteiger partial charge in [-0.2, -0.15) is 0 Å². The van der Waals surface area contributed by atoms with Crippen molar-refractivity contribution in [2.24, 2.45) is 0 Å². The molecular formula is C26H23ClN2O4. The molecule has 1 aliphatic heterocycles. The predicted octanol–water partition coefficient (Wildman–Crippen LogP) is 5.11. The van der Waals surface area contributed by atoms with Gasteiger partial charge in [-0.15, -0.1) is 0 Å². The molecule has 6 nitrogen and oxygen atoms in total. The fourth-order valence-electron chi connectivity index (χ4n) is 4.12. The highest BCUT2D eigenvalue weighted by Gasteiger charge is 2.51. The van der Waals surface area contributed by atoms with Crippen molar-refractivity contribution >= 4 is 29.1 Å². The molecule has 5 rings (SSSR count). The van der Waals surface area contributed by atoms with Crippen molar-refractivity contribution in [3.63, 3.8) is 0 Å². The molecule has 0 radical (unpaired) electrons. The van der Waals surface area contributed by atoms with E-state index in [1.807, 2.05) is 42.5 Å². The molecule has 168 valence electrons. The van der Waals surface area contributed by atoms with Crippen LogP contribution >= 0.6 is 11.6 Å².